The molecule has 2 aromatic carbocycles. The first-order valence-corrected chi connectivity index (χ1v) is 8.15. The van der Waals surface area contributed by atoms with E-state index in [0.717, 1.165) is 5.75 Å². The number of cyclic esters (lactones) is 1. The van der Waals surface area contributed by atoms with Gasteiger partial charge in [-0.1, -0.05) is 18.2 Å². The number of carbonyl (C=O) groups is 2. The predicted molar refractivity (Wildman–Crippen MR) is 93.7 cm³/mol. The highest BCUT2D eigenvalue weighted by molar-refractivity contribution is 5.90. The lowest BCUT2D eigenvalue weighted by Crippen LogP contribution is -2.20. The fourth-order valence-electron chi connectivity index (χ4n) is 2.55. The van der Waals surface area contributed by atoms with E-state index in [1.165, 1.54) is 4.90 Å². The van der Waals surface area contributed by atoms with Gasteiger partial charge in [-0.2, -0.15) is 0 Å². The minimum Gasteiger partial charge on any atom is -0.457 e. The summed E-state index contributed by atoms with van der Waals surface area (Å²) >= 11 is 0. The molecule has 1 fully saturated rings. The van der Waals surface area contributed by atoms with Crippen LogP contribution < -0.4 is 10.1 Å². The van der Waals surface area contributed by atoms with Crippen LogP contribution in [-0.2, 0) is 9.53 Å². The van der Waals surface area contributed by atoms with Crippen LogP contribution in [-0.4, -0.2) is 36.6 Å². The van der Waals surface area contributed by atoms with E-state index < -0.39 is 0 Å². The molecule has 1 unspecified atom stereocenters. The van der Waals surface area contributed by atoms with E-state index in [-0.39, 0.29) is 18.1 Å². The monoisotopic (exact) mass is 340 g/mol. The first-order valence-electron chi connectivity index (χ1n) is 8.15. The molecule has 1 aliphatic heterocycles. The van der Waals surface area contributed by atoms with Crippen molar-refractivity contribution in [2.75, 3.05) is 18.9 Å². The molecule has 2 amide bonds. The Morgan fingerprint density at radius 3 is 2.48 bits per heavy atom. The first-order chi connectivity index (χ1) is 12.1. The quantitative estimate of drug-likeness (QED) is 0.871. The largest absolute Gasteiger partial charge is 0.457 e. The lowest BCUT2D eigenvalue weighted by Gasteiger charge is -2.10. The Morgan fingerprint density at radius 2 is 1.84 bits per heavy atom. The highest BCUT2D eigenvalue weighted by Gasteiger charge is 2.28. The normalized spacial score (nSPS) is 16.4. The van der Waals surface area contributed by atoms with E-state index in [1.54, 1.807) is 31.3 Å². The molecule has 2 aromatic rings. The Labute approximate surface area is 146 Å². The number of benzene rings is 2. The number of amides is 2. The molecular weight excluding hydrogens is 320 g/mol. The number of carbonyl (C=O) groups excluding carboxylic acids is 2. The lowest BCUT2D eigenvalue weighted by atomic mass is 10.2. The van der Waals surface area contributed by atoms with Crippen molar-refractivity contribution in [3.8, 4) is 11.5 Å². The van der Waals surface area contributed by atoms with E-state index in [0.29, 0.717) is 30.8 Å². The highest BCUT2D eigenvalue weighted by Crippen LogP contribution is 2.23. The van der Waals surface area contributed by atoms with Crippen LogP contribution in [0.2, 0.25) is 0 Å². The molecule has 130 valence electrons. The minimum absolute atomic E-state index is 0.109. The fraction of sp³-hybridized carbons (Fsp3) is 0.263. The lowest BCUT2D eigenvalue weighted by molar-refractivity contribution is -0.116. The third-order valence-electron chi connectivity index (χ3n) is 3.87. The van der Waals surface area contributed by atoms with E-state index >= 15 is 0 Å². The van der Waals surface area contributed by atoms with E-state index in [2.05, 4.69) is 5.32 Å². The summed E-state index contributed by atoms with van der Waals surface area (Å²) in [5.41, 5.74) is 0.700. The maximum absolute atomic E-state index is 12.0. The van der Waals surface area contributed by atoms with Crippen molar-refractivity contribution in [1.29, 1.82) is 0 Å². The third-order valence-corrected chi connectivity index (χ3v) is 3.87. The number of hydrogen-bond acceptors (Lipinski definition) is 4. The maximum Gasteiger partial charge on any atom is 0.409 e. The van der Waals surface area contributed by atoms with Gasteiger partial charge in [-0.15, -0.1) is 0 Å². The van der Waals surface area contributed by atoms with Gasteiger partial charge in [0.05, 0.1) is 6.54 Å². The predicted octanol–water partition coefficient (Wildman–Crippen LogP) is 3.65. The van der Waals surface area contributed by atoms with Crippen LogP contribution >= 0.6 is 0 Å². The number of nitrogens with zero attached hydrogens (tertiary/aromatic N) is 1. The summed E-state index contributed by atoms with van der Waals surface area (Å²) in [6.45, 7) is 0.525. The minimum atomic E-state index is -0.334. The number of hydrogen-bond donors (Lipinski definition) is 1. The number of rotatable bonds is 6. The van der Waals surface area contributed by atoms with Crippen LogP contribution in [0.3, 0.4) is 0 Å². The fourth-order valence-corrected chi connectivity index (χ4v) is 2.55. The van der Waals surface area contributed by atoms with Gasteiger partial charge in [-0.25, -0.2) is 4.79 Å². The summed E-state index contributed by atoms with van der Waals surface area (Å²) in [7, 11) is 1.68. The average molecular weight is 340 g/mol. The third kappa shape index (κ3) is 4.73. The van der Waals surface area contributed by atoms with Crippen LogP contribution in [0.5, 0.6) is 11.5 Å². The second-order valence-electron chi connectivity index (χ2n) is 5.91. The molecule has 6 nitrogen and oxygen atoms in total. The van der Waals surface area contributed by atoms with Crippen LogP contribution in [0, 0.1) is 0 Å². The van der Waals surface area contributed by atoms with Gasteiger partial charge in [0.1, 0.15) is 17.6 Å². The molecule has 1 heterocycles. The molecule has 25 heavy (non-hydrogen) atoms. The van der Waals surface area contributed by atoms with E-state index in [4.69, 9.17) is 9.47 Å². The van der Waals surface area contributed by atoms with Gasteiger partial charge in [0.2, 0.25) is 5.91 Å². The average Bonchev–Trinajstić information content (AvgIpc) is 2.94. The Balaban J connectivity index is 1.46. The number of anilines is 1. The number of para-hydroxylation sites is 1. The Hall–Kier alpha value is -3.02. The zero-order chi connectivity index (χ0) is 17.6. The second kappa shape index (κ2) is 7.70. The van der Waals surface area contributed by atoms with Gasteiger partial charge in [-0.05, 0) is 42.8 Å². The van der Waals surface area contributed by atoms with Crippen molar-refractivity contribution in [1.82, 2.24) is 4.90 Å². The topological polar surface area (TPSA) is 67.9 Å². The molecule has 1 saturated heterocycles. The highest BCUT2D eigenvalue weighted by atomic mass is 16.6. The van der Waals surface area contributed by atoms with Gasteiger partial charge in [0.25, 0.3) is 0 Å². The summed E-state index contributed by atoms with van der Waals surface area (Å²) in [4.78, 5) is 24.8. The molecule has 1 N–H and O–H groups in total. The molecule has 0 saturated carbocycles. The first kappa shape index (κ1) is 16.8. The summed E-state index contributed by atoms with van der Waals surface area (Å²) < 4.78 is 10.8. The molecular formula is C19H20N2O4. The van der Waals surface area contributed by atoms with Crippen LogP contribution in [0.25, 0.3) is 0 Å². The van der Waals surface area contributed by atoms with Crippen molar-refractivity contribution in [3.63, 3.8) is 0 Å². The van der Waals surface area contributed by atoms with E-state index in [1.807, 2.05) is 30.3 Å². The van der Waals surface area contributed by atoms with Gasteiger partial charge < -0.3 is 19.7 Å². The molecule has 6 heteroatoms. The van der Waals surface area contributed by atoms with Crippen molar-refractivity contribution >= 4 is 17.7 Å². The molecule has 1 aliphatic rings. The Bertz CT molecular complexity index is 731. The molecule has 0 spiro atoms. The molecule has 1 atom stereocenters. The SMILES string of the molecule is CN1CC(CCC(=O)Nc2ccc(Oc3ccccc3)cc2)OC1=O. The van der Waals surface area contributed by atoms with E-state index in [9.17, 15) is 9.59 Å². The summed E-state index contributed by atoms with van der Waals surface area (Å²) in [6, 6.07) is 16.7. The Kier molecular flexibility index (Phi) is 5.18. The van der Waals surface area contributed by atoms with Gasteiger partial charge in [0, 0.05) is 19.2 Å². The van der Waals surface area contributed by atoms with Gasteiger partial charge in [0.15, 0.2) is 0 Å². The zero-order valence-electron chi connectivity index (χ0n) is 14.0. The van der Waals surface area contributed by atoms with Crippen molar-refractivity contribution < 1.29 is 19.1 Å². The van der Waals surface area contributed by atoms with Crippen molar-refractivity contribution in [2.24, 2.45) is 0 Å². The second-order valence-corrected chi connectivity index (χ2v) is 5.91. The molecule has 0 aromatic heterocycles. The molecule has 0 bridgehead atoms. The number of likely N-dealkylation sites (N-methyl/N-ethyl adjacent to an activating group) is 1. The van der Waals surface area contributed by atoms with Gasteiger partial charge in [-0.3, -0.25) is 4.79 Å². The maximum atomic E-state index is 12.0. The van der Waals surface area contributed by atoms with Crippen molar-refractivity contribution in [2.45, 2.75) is 18.9 Å². The van der Waals surface area contributed by atoms with Crippen LogP contribution in [0.4, 0.5) is 10.5 Å². The van der Waals surface area contributed by atoms with Crippen LogP contribution in [0.15, 0.2) is 54.6 Å². The van der Waals surface area contributed by atoms with Crippen molar-refractivity contribution in [3.05, 3.63) is 54.6 Å². The number of nitrogens with one attached hydrogen (secondary N) is 1. The summed E-state index contributed by atoms with van der Waals surface area (Å²) in [5.74, 6) is 1.35. The van der Waals surface area contributed by atoms with Crippen LogP contribution in [0.1, 0.15) is 12.8 Å². The molecule has 3 rings (SSSR count). The standard InChI is InChI=1S/C19H20N2O4/c1-21-13-17(25-19(21)23)11-12-18(22)20-14-7-9-16(10-8-14)24-15-5-3-2-4-6-15/h2-10,17H,11-13H2,1H3,(H,20,22). The zero-order valence-corrected chi connectivity index (χ0v) is 14.0. The van der Waals surface area contributed by atoms with Gasteiger partial charge >= 0.3 is 6.09 Å². The summed E-state index contributed by atoms with van der Waals surface area (Å²) in [6.07, 6.45) is 0.259. The number of ether oxygens (including phenoxy) is 2. The molecule has 0 aliphatic carbocycles. The smallest absolute Gasteiger partial charge is 0.409 e. The summed E-state index contributed by atoms with van der Waals surface area (Å²) in [5, 5.41) is 2.83. The Morgan fingerprint density at radius 1 is 1.16 bits per heavy atom. The molecule has 0 radical (unpaired) electrons.